The number of ether oxygens (including phenoxy) is 1. The minimum Gasteiger partial charge on any atom is -0.374 e. The molecule has 1 amide bonds. The third-order valence-corrected chi connectivity index (χ3v) is 4.07. The Morgan fingerprint density at radius 1 is 1.24 bits per heavy atom. The Hall–Kier alpha value is -1.65. The zero-order valence-corrected chi connectivity index (χ0v) is 13.1. The van der Waals surface area contributed by atoms with Gasteiger partial charge in [-0.1, -0.05) is 36.4 Å². The smallest absolute Gasteiger partial charge is 0.225 e. The van der Waals surface area contributed by atoms with Crippen molar-refractivity contribution in [3.05, 3.63) is 58.3 Å². The summed E-state index contributed by atoms with van der Waals surface area (Å²) in [5, 5.41) is 4.91. The molecule has 112 valence electrons. The van der Waals surface area contributed by atoms with Crippen LogP contribution >= 0.6 is 11.3 Å². The van der Waals surface area contributed by atoms with Gasteiger partial charge in [0.1, 0.15) is 0 Å². The lowest BCUT2D eigenvalue weighted by atomic mass is 10.1. The highest BCUT2D eigenvalue weighted by Gasteiger charge is 2.05. The molecule has 4 heteroatoms. The summed E-state index contributed by atoms with van der Waals surface area (Å²) in [4.78, 5) is 12.8. The summed E-state index contributed by atoms with van der Waals surface area (Å²) in [5.74, 6) is 0.0774. The third kappa shape index (κ3) is 5.69. The number of hydrogen-bond donors (Lipinski definition) is 1. The van der Waals surface area contributed by atoms with Crippen LogP contribution in [0.2, 0.25) is 0 Å². The Balaban J connectivity index is 1.56. The van der Waals surface area contributed by atoms with Crippen molar-refractivity contribution in [2.45, 2.75) is 25.9 Å². The summed E-state index contributed by atoms with van der Waals surface area (Å²) in [5.41, 5.74) is 1.18. The molecule has 0 bridgehead atoms. The third-order valence-electron chi connectivity index (χ3n) is 3.20. The number of carbonyl (C=O) groups is 1. The maximum atomic E-state index is 11.7. The summed E-state index contributed by atoms with van der Waals surface area (Å²) in [6.45, 7) is 3.35. The number of thiophene rings is 1. The zero-order chi connectivity index (χ0) is 14.9. The van der Waals surface area contributed by atoms with Gasteiger partial charge in [-0.25, -0.2) is 0 Å². The second-order valence-corrected chi connectivity index (χ2v) is 5.92. The van der Waals surface area contributed by atoms with Crippen molar-refractivity contribution >= 4 is 17.2 Å². The largest absolute Gasteiger partial charge is 0.374 e. The van der Waals surface area contributed by atoms with Crippen molar-refractivity contribution in [1.82, 2.24) is 5.32 Å². The van der Waals surface area contributed by atoms with Crippen molar-refractivity contribution in [2.24, 2.45) is 0 Å². The molecular formula is C17H21NO2S. The van der Waals surface area contributed by atoms with E-state index in [1.54, 1.807) is 11.3 Å². The fraction of sp³-hybridized carbons (Fsp3) is 0.353. The fourth-order valence-electron chi connectivity index (χ4n) is 2.01. The van der Waals surface area contributed by atoms with Crippen LogP contribution in [0.1, 0.15) is 29.9 Å². The summed E-state index contributed by atoms with van der Waals surface area (Å²) in [7, 11) is 0. The van der Waals surface area contributed by atoms with Crippen LogP contribution in [0.4, 0.5) is 0 Å². The molecule has 2 aromatic rings. The van der Waals surface area contributed by atoms with Crippen molar-refractivity contribution < 1.29 is 9.53 Å². The normalized spacial score (nSPS) is 12.0. The number of rotatable bonds is 8. The molecule has 0 saturated carbocycles. The van der Waals surface area contributed by atoms with E-state index >= 15 is 0 Å². The number of nitrogens with one attached hydrogen (secondary N) is 1. The Bertz CT molecular complexity index is 525. The number of carbonyl (C=O) groups excluding carboxylic acids is 1. The zero-order valence-electron chi connectivity index (χ0n) is 12.2. The van der Waals surface area contributed by atoms with E-state index in [-0.39, 0.29) is 12.0 Å². The first-order valence-electron chi connectivity index (χ1n) is 7.21. The maximum absolute atomic E-state index is 11.7. The van der Waals surface area contributed by atoms with Gasteiger partial charge in [-0.05, 0) is 30.4 Å². The average molecular weight is 303 g/mol. The summed E-state index contributed by atoms with van der Waals surface area (Å²) in [6, 6.07) is 14.1. The van der Waals surface area contributed by atoms with Gasteiger partial charge < -0.3 is 10.1 Å². The number of hydrogen-bond acceptors (Lipinski definition) is 3. The van der Waals surface area contributed by atoms with Crippen molar-refractivity contribution in [3.63, 3.8) is 0 Å². The topological polar surface area (TPSA) is 38.3 Å². The van der Waals surface area contributed by atoms with E-state index in [4.69, 9.17) is 4.74 Å². The molecule has 1 heterocycles. The van der Waals surface area contributed by atoms with Crippen LogP contribution in [-0.2, 0) is 16.0 Å². The summed E-state index contributed by atoms with van der Waals surface area (Å²) in [6.07, 6.45) is 1.39. The van der Waals surface area contributed by atoms with Gasteiger partial charge in [-0.3, -0.25) is 4.79 Å². The minimum atomic E-state index is 0.0774. The van der Waals surface area contributed by atoms with Crippen LogP contribution in [0, 0.1) is 0 Å². The van der Waals surface area contributed by atoms with E-state index in [0.29, 0.717) is 19.6 Å². The number of amides is 1. The molecule has 0 radical (unpaired) electrons. The predicted octanol–water partition coefficient (Wildman–Crippen LogP) is 3.57. The summed E-state index contributed by atoms with van der Waals surface area (Å²) < 4.78 is 5.77. The van der Waals surface area contributed by atoms with Crippen LogP contribution in [0.15, 0.2) is 47.8 Å². The average Bonchev–Trinajstić information content (AvgIpc) is 3.00. The van der Waals surface area contributed by atoms with E-state index in [0.717, 1.165) is 11.3 Å². The molecule has 0 saturated heterocycles. The second-order valence-electron chi connectivity index (χ2n) is 4.88. The fourth-order valence-corrected chi connectivity index (χ4v) is 2.72. The predicted molar refractivity (Wildman–Crippen MR) is 86.5 cm³/mol. The van der Waals surface area contributed by atoms with Gasteiger partial charge in [-0.2, -0.15) is 0 Å². The van der Waals surface area contributed by atoms with Gasteiger partial charge in [0.2, 0.25) is 5.91 Å². The Kier molecular flexibility index (Phi) is 6.44. The van der Waals surface area contributed by atoms with Crippen molar-refractivity contribution in [1.29, 1.82) is 0 Å². The van der Waals surface area contributed by atoms with Crippen molar-refractivity contribution in [2.75, 3.05) is 13.2 Å². The highest BCUT2D eigenvalue weighted by molar-refractivity contribution is 7.10. The molecule has 3 nitrogen and oxygen atoms in total. The molecule has 0 aliphatic heterocycles. The Morgan fingerprint density at radius 3 is 2.76 bits per heavy atom. The lowest BCUT2D eigenvalue weighted by molar-refractivity contribution is -0.120. The molecule has 0 aliphatic carbocycles. The Morgan fingerprint density at radius 2 is 2.05 bits per heavy atom. The lowest BCUT2D eigenvalue weighted by Crippen LogP contribution is -2.26. The SMILES string of the molecule is CC(OCCCNC(=O)Cc1cccs1)c1ccccc1. The first-order valence-corrected chi connectivity index (χ1v) is 8.09. The lowest BCUT2D eigenvalue weighted by Gasteiger charge is -2.13. The highest BCUT2D eigenvalue weighted by Crippen LogP contribution is 2.15. The van der Waals surface area contributed by atoms with Crippen molar-refractivity contribution in [3.8, 4) is 0 Å². The molecule has 21 heavy (non-hydrogen) atoms. The van der Waals surface area contributed by atoms with Crippen LogP contribution in [0.5, 0.6) is 0 Å². The first kappa shape index (κ1) is 15.7. The molecule has 0 spiro atoms. The second kappa shape index (κ2) is 8.60. The molecule has 1 N–H and O–H groups in total. The quantitative estimate of drug-likeness (QED) is 0.757. The number of benzene rings is 1. The van der Waals surface area contributed by atoms with E-state index in [2.05, 4.69) is 17.4 Å². The minimum absolute atomic E-state index is 0.0774. The van der Waals surface area contributed by atoms with Crippen LogP contribution < -0.4 is 5.32 Å². The van der Waals surface area contributed by atoms with Gasteiger partial charge in [0.05, 0.1) is 12.5 Å². The molecule has 1 unspecified atom stereocenters. The van der Waals surface area contributed by atoms with Gasteiger partial charge in [0.25, 0.3) is 0 Å². The van der Waals surface area contributed by atoms with E-state index in [9.17, 15) is 4.79 Å². The molecule has 1 aromatic carbocycles. The molecule has 0 fully saturated rings. The summed E-state index contributed by atoms with van der Waals surface area (Å²) >= 11 is 1.61. The van der Waals surface area contributed by atoms with Crippen LogP contribution in [0.3, 0.4) is 0 Å². The van der Waals surface area contributed by atoms with Gasteiger partial charge in [0, 0.05) is 18.0 Å². The van der Waals surface area contributed by atoms with E-state index in [1.165, 1.54) is 5.56 Å². The van der Waals surface area contributed by atoms with Crippen LogP contribution in [0.25, 0.3) is 0 Å². The molecular weight excluding hydrogens is 282 g/mol. The van der Waals surface area contributed by atoms with E-state index < -0.39 is 0 Å². The standard InChI is InChI=1S/C17H21NO2S/c1-14(15-7-3-2-4-8-15)20-11-6-10-18-17(19)13-16-9-5-12-21-16/h2-5,7-9,12,14H,6,10-11,13H2,1H3,(H,18,19). The van der Waals surface area contributed by atoms with Gasteiger partial charge >= 0.3 is 0 Å². The van der Waals surface area contributed by atoms with Crippen LogP contribution in [-0.4, -0.2) is 19.1 Å². The first-order chi connectivity index (χ1) is 10.3. The highest BCUT2D eigenvalue weighted by atomic mass is 32.1. The van der Waals surface area contributed by atoms with E-state index in [1.807, 2.05) is 42.6 Å². The Labute approximate surface area is 130 Å². The molecule has 0 aliphatic rings. The molecule has 2 rings (SSSR count). The molecule has 1 aromatic heterocycles. The maximum Gasteiger partial charge on any atom is 0.225 e. The monoisotopic (exact) mass is 303 g/mol. The van der Waals surface area contributed by atoms with Gasteiger partial charge in [0.15, 0.2) is 0 Å². The van der Waals surface area contributed by atoms with Gasteiger partial charge in [-0.15, -0.1) is 11.3 Å². The molecule has 1 atom stereocenters.